The normalized spacial score (nSPS) is 22.8. The van der Waals surface area contributed by atoms with E-state index in [1.54, 1.807) is 5.06 Å². The monoisotopic (exact) mass is 428 g/mol. The summed E-state index contributed by atoms with van der Waals surface area (Å²) in [7, 11) is 0. The minimum absolute atomic E-state index is 0.190. The molecule has 2 fully saturated rings. The predicted molar refractivity (Wildman–Crippen MR) is 120 cm³/mol. The number of para-hydroxylation sites is 1. The number of cyclic esters (lactones) is 1. The average Bonchev–Trinajstić information content (AvgIpc) is 3.44. The summed E-state index contributed by atoms with van der Waals surface area (Å²) >= 11 is 0. The standard InChI is InChI=1S/C26H24N2O4/c29-25(27-22(17-31-26(27)30)16-19-10-4-1-5-11-19)23-18-32-28(21-14-8-3-9-15-21)24(23)20-12-6-2-7-13-20/h1-15,22-24H,16-18H2/t22-,23+,24+/m0/s1. The molecule has 0 spiro atoms. The van der Waals surface area contributed by atoms with E-state index in [-0.39, 0.29) is 31.2 Å². The van der Waals surface area contributed by atoms with Gasteiger partial charge in [0.15, 0.2) is 0 Å². The number of nitrogens with zero attached hydrogens (tertiary/aromatic N) is 2. The van der Waals surface area contributed by atoms with Crippen molar-refractivity contribution < 1.29 is 19.2 Å². The number of benzene rings is 3. The molecule has 5 rings (SSSR count). The van der Waals surface area contributed by atoms with Crippen LogP contribution >= 0.6 is 0 Å². The van der Waals surface area contributed by atoms with E-state index < -0.39 is 12.0 Å². The van der Waals surface area contributed by atoms with Crippen LogP contribution in [0.25, 0.3) is 0 Å². The summed E-state index contributed by atoms with van der Waals surface area (Å²) in [6.45, 7) is 0.389. The molecule has 162 valence electrons. The van der Waals surface area contributed by atoms with Crippen molar-refractivity contribution in [3.8, 4) is 0 Å². The molecule has 2 aliphatic rings. The molecule has 2 saturated heterocycles. The Morgan fingerprint density at radius 3 is 2.16 bits per heavy atom. The van der Waals surface area contributed by atoms with Gasteiger partial charge in [0.25, 0.3) is 0 Å². The van der Waals surface area contributed by atoms with Crippen LogP contribution in [0.5, 0.6) is 0 Å². The third-order valence-corrected chi connectivity index (χ3v) is 6.01. The van der Waals surface area contributed by atoms with Crippen LogP contribution in [0.4, 0.5) is 10.5 Å². The molecule has 0 aromatic heterocycles. The van der Waals surface area contributed by atoms with E-state index in [1.165, 1.54) is 4.90 Å². The average molecular weight is 428 g/mol. The Morgan fingerprint density at radius 2 is 1.47 bits per heavy atom. The van der Waals surface area contributed by atoms with E-state index in [0.29, 0.717) is 6.42 Å². The van der Waals surface area contributed by atoms with E-state index in [0.717, 1.165) is 16.8 Å². The first-order chi connectivity index (χ1) is 15.7. The van der Waals surface area contributed by atoms with Crippen LogP contribution in [0.2, 0.25) is 0 Å². The molecule has 2 amide bonds. The molecule has 6 nitrogen and oxygen atoms in total. The summed E-state index contributed by atoms with van der Waals surface area (Å²) in [5, 5.41) is 1.78. The number of imide groups is 1. The van der Waals surface area contributed by atoms with Gasteiger partial charge in [-0.2, -0.15) is 0 Å². The van der Waals surface area contributed by atoms with Gasteiger partial charge in [-0.1, -0.05) is 78.9 Å². The minimum atomic E-state index is -0.582. The van der Waals surface area contributed by atoms with E-state index in [2.05, 4.69) is 0 Å². The molecule has 0 N–H and O–H groups in total. The Labute approximate surface area is 186 Å². The van der Waals surface area contributed by atoms with Gasteiger partial charge in [-0.15, -0.1) is 0 Å². The Hall–Kier alpha value is -3.64. The number of amides is 2. The van der Waals surface area contributed by atoms with E-state index in [9.17, 15) is 9.59 Å². The zero-order valence-corrected chi connectivity index (χ0v) is 17.5. The van der Waals surface area contributed by atoms with Gasteiger partial charge in [-0.3, -0.25) is 9.63 Å². The topological polar surface area (TPSA) is 59.1 Å². The third kappa shape index (κ3) is 3.85. The second-order valence-electron chi connectivity index (χ2n) is 8.05. The summed E-state index contributed by atoms with van der Waals surface area (Å²) in [5.41, 5.74) is 2.88. The Kier molecular flexibility index (Phi) is 5.60. The predicted octanol–water partition coefficient (Wildman–Crippen LogP) is 4.39. The summed E-state index contributed by atoms with van der Waals surface area (Å²) in [6.07, 6.45) is -0.0227. The highest BCUT2D eigenvalue weighted by Gasteiger charge is 2.48. The molecule has 0 unspecified atom stereocenters. The van der Waals surface area contributed by atoms with Crippen molar-refractivity contribution in [2.45, 2.75) is 18.5 Å². The lowest BCUT2D eigenvalue weighted by atomic mass is 9.92. The van der Waals surface area contributed by atoms with Crippen molar-refractivity contribution in [3.05, 3.63) is 102 Å². The number of ether oxygens (including phenoxy) is 1. The maximum atomic E-state index is 13.7. The van der Waals surface area contributed by atoms with E-state index >= 15 is 0 Å². The molecular formula is C26H24N2O4. The first-order valence-corrected chi connectivity index (χ1v) is 10.8. The highest BCUT2D eigenvalue weighted by Crippen LogP contribution is 2.40. The quantitative estimate of drug-likeness (QED) is 0.603. The highest BCUT2D eigenvalue weighted by atomic mass is 16.7. The molecule has 2 aliphatic heterocycles. The smallest absolute Gasteiger partial charge is 0.416 e. The van der Waals surface area contributed by atoms with Gasteiger partial charge in [0.1, 0.15) is 6.61 Å². The molecule has 3 atom stereocenters. The van der Waals surface area contributed by atoms with Gasteiger partial charge in [0, 0.05) is 0 Å². The number of hydrogen-bond donors (Lipinski definition) is 0. The molecule has 3 aromatic rings. The number of hydrogen-bond acceptors (Lipinski definition) is 5. The molecule has 0 aliphatic carbocycles. The Balaban J connectivity index is 1.45. The molecule has 3 aromatic carbocycles. The maximum absolute atomic E-state index is 13.7. The summed E-state index contributed by atoms with van der Waals surface area (Å²) in [4.78, 5) is 33.7. The third-order valence-electron chi connectivity index (χ3n) is 6.01. The van der Waals surface area contributed by atoms with Crippen LogP contribution in [0.15, 0.2) is 91.0 Å². The fraction of sp³-hybridized carbons (Fsp3) is 0.231. The molecule has 0 bridgehead atoms. The van der Waals surface area contributed by atoms with Gasteiger partial charge in [0.05, 0.1) is 30.3 Å². The van der Waals surface area contributed by atoms with Crippen molar-refractivity contribution in [2.24, 2.45) is 5.92 Å². The number of anilines is 1. The first kappa shape index (κ1) is 20.3. The molecule has 32 heavy (non-hydrogen) atoms. The molecule has 0 saturated carbocycles. The Bertz CT molecular complexity index is 1070. The van der Waals surface area contributed by atoms with Crippen LogP contribution in [0.1, 0.15) is 17.2 Å². The second kappa shape index (κ2) is 8.85. The van der Waals surface area contributed by atoms with Crippen molar-refractivity contribution >= 4 is 17.7 Å². The van der Waals surface area contributed by atoms with Gasteiger partial charge < -0.3 is 4.74 Å². The first-order valence-electron chi connectivity index (χ1n) is 10.8. The summed E-state index contributed by atoms with van der Waals surface area (Å²) < 4.78 is 5.30. The maximum Gasteiger partial charge on any atom is 0.416 e. The van der Waals surface area contributed by atoms with Crippen LogP contribution < -0.4 is 5.06 Å². The minimum Gasteiger partial charge on any atom is -0.447 e. The lowest BCUT2D eigenvalue weighted by Crippen LogP contribution is -2.45. The molecular weight excluding hydrogens is 404 g/mol. The zero-order chi connectivity index (χ0) is 21.9. The van der Waals surface area contributed by atoms with Crippen LogP contribution in [-0.2, 0) is 20.8 Å². The van der Waals surface area contributed by atoms with Crippen molar-refractivity contribution in [3.63, 3.8) is 0 Å². The van der Waals surface area contributed by atoms with Gasteiger partial charge in [0.2, 0.25) is 5.91 Å². The van der Waals surface area contributed by atoms with Crippen molar-refractivity contribution in [1.29, 1.82) is 0 Å². The van der Waals surface area contributed by atoms with Crippen LogP contribution in [0, 0.1) is 5.92 Å². The van der Waals surface area contributed by atoms with Crippen LogP contribution in [-0.4, -0.2) is 36.2 Å². The highest BCUT2D eigenvalue weighted by molar-refractivity contribution is 5.95. The van der Waals surface area contributed by atoms with Crippen LogP contribution in [0.3, 0.4) is 0 Å². The van der Waals surface area contributed by atoms with E-state index in [1.807, 2.05) is 91.0 Å². The van der Waals surface area contributed by atoms with Crippen molar-refractivity contribution in [2.75, 3.05) is 18.3 Å². The summed E-state index contributed by atoms with van der Waals surface area (Å²) in [5.74, 6) is -0.803. The van der Waals surface area contributed by atoms with Crippen molar-refractivity contribution in [1.82, 2.24) is 4.90 Å². The van der Waals surface area contributed by atoms with E-state index in [4.69, 9.17) is 9.57 Å². The fourth-order valence-electron chi connectivity index (χ4n) is 4.48. The Morgan fingerprint density at radius 1 is 0.844 bits per heavy atom. The number of hydroxylamine groups is 1. The number of carbonyl (C=O) groups is 2. The summed E-state index contributed by atoms with van der Waals surface area (Å²) in [6, 6.07) is 28.7. The molecule has 6 heteroatoms. The van der Waals surface area contributed by atoms with Gasteiger partial charge >= 0.3 is 6.09 Å². The lowest BCUT2D eigenvalue weighted by Gasteiger charge is -2.29. The fourth-order valence-corrected chi connectivity index (χ4v) is 4.48. The van der Waals surface area contributed by atoms with Gasteiger partial charge in [-0.25, -0.2) is 14.8 Å². The zero-order valence-electron chi connectivity index (χ0n) is 17.5. The lowest BCUT2D eigenvalue weighted by molar-refractivity contribution is -0.133. The molecule has 2 heterocycles. The van der Waals surface area contributed by atoms with Gasteiger partial charge in [-0.05, 0) is 29.7 Å². The number of rotatable bonds is 5. The largest absolute Gasteiger partial charge is 0.447 e. The molecule has 0 radical (unpaired) electrons. The number of carbonyl (C=O) groups excluding carboxylic acids is 2. The SMILES string of the molecule is O=C1OC[C@H](Cc2ccccc2)N1C(=O)[C@@H]1CON(c2ccccc2)[C@@H]1c1ccccc1. The second-order valence-corrected chi connectivity index (χ2v) is 8.05.